The molecule has 0 aromatic rings. The van der Waals surface area contributed by atoms with Gasteiger partial charge in [0.25, 0.3) is 0 Å². The molecule has 0 radical (unpaired) electrons. The van der Waals surface area contributed by atoms with Crippen molar-refractivity contribution in [2.45, 2.75) is 77.4 Å². The van der Waals surface area contributed by atoms with Crippen molar-refractivity contribution in [3.63, 3.8) is 0 Å². The van der Waals surface area contributed by atoms with Crippen LogP contribution in [-0.4, -0.2) is 11.2 Å². The summed E-state index contributed by atoms with van der Waals surface area (Å²) in [5.74, 6) is 1.96. The summed E-state index contributed by atoms with van der Waals surface area (Å²) in [4.78, 5) is 0. The van der Waals surface area contributed by atoms with E-state index in [-0.39, 0.29) is 16.6 Å². The van der Waals surface area contributed by atoms with Crippen LogP contribution in [-0.2, 0) is 4.74 Å². The van der Waals surface area contributed by atoms with Crippen molar-refractivity contribution < 1.29 is 4.74 Å². The number of rotatable bonds is 1. The fourth-order valence-electron chi connectivity index (χ4n) is 5.70. The molecule has 2 aliphatic carbocycles. The SMILES string of the molecule is C=CC1(C)CCC2(O1)C(C)CCC1C(=C)C(C)CCC12C. The van der Waals surface area contributed by atoms with Gasteiger partial charge in [0.1, 0.15) is 0 Å². The second-order valence-electron chi connectivity index (χ2n) is 8.47. The zero-order valence-electron chi connectivity index (χ0n) is 14.4. The Bertz CT molecular complexity index is 466. The second-order valence-corrected chi connectivity index (χ2v) is 8.47. The van der Waals surface area contributed by atoms with Crippen molar-refractivity contribution >= 4 is 0 Å². The first-order chi connectivity index (χ1) is 9.78. The van der Waals surface area contributed by atoms with Gasteiger partial charge in [-0.1, -0.05) is 39.0 Å². The molecule has 21 heavy (non-hydrogen) atoms. The normalized spacial score (nSPS) is 53.7. The molecule has 1 heterocycles. The van der Waals surface area contributed by atoms with Crippen molar-refractivity contribution in [2.75, 3.05) is 0 Å². The molecule has 3 rings (SSSR count). The van der Waals surface area contributed by atoms with Crippen LogP contribution in [0.1, 0.15) is 66.2 Å². The summed E-state index contributed by atoms with van der Waals surface area (Å²) in [6.45, 7) is 18.0. The standard InChI is InChI=1S/C20H32O/c1-7-18(5)12-13-20(21-18)15(3)8-9-17-16(4)14(2)10-11-19(17,20)6/h7,14-15,17H,1,4,8-13H2,2-3,5-6H3. The molecule has 118 valence electrons. The van der Waals surface area contributed by atoms with Gasteiger partial charge in [-0.15, -0.1) is 6.58 Å². The second kappa shape index (κ2) is 4.72. The van der Waals surface area contributed by atoms with Crippen LogP contribution in [0.5, 0.6) is 0 Å². The van der Waals surface area contributed by atoms with Gasteiger partial charge in [-0.25, -0.2) is 0 Å². The Balaban J connectivity index is 2.02. The molecule has 1 aliphatic heterocycles. The molecular formula is C20H32O. The summed E-state index contributed by atoms with van der Waals surface area (Å²) in [5.41, 5.74) is 1.64. The minimum Gasteiger partial charge on any atom is -0.364 e. The van der Waals surface area contributed by atoms with E-state index >= 15 is 0 Å². The molecule has 0 amide bonds. The van der Waals surface area contributed by atoms with E-state index in [0.29, 0.717) is 17.8 Å². The molecule has 6 atom stereocenters. The van der Waals surface area contributed by atoms with Crippen LogP contribution in [0.4, 0.5) is 0 Å². The van der Waals surface area contributed by atoms with E-state index in [0.717, 1.165) is 6.42 Å². The number of hydrogen-bond donors (Lipinski definition) is 0. The van der Waals surface area contributed by atoms with Crippen LogP contribution >= 0.6 is 0 Å². The molecule has 3 fully saturated rings. The summed E-state index contributed by atoms with van der Waals surface area (Å²) in [7, 11) is 0. The van der Waals surface area contributed by atoms with E-state index in [4.69, 9.17) is 4.74 Å². The maximum atomic E-state index is 6.84. The Kier molecular flexibility index (Phi) is 3.44. The Morgan fingerprint density at radius 3 is 2.43 bits per heavy atom. The molecule has 2 saturated carbocycles. The zero-order valence-corrected chi connectivity index (χ0v) is 14.4. The maximum absolute atomic E-state index is 6.84. The summed E-state index contributed by atoms with van der Waals surface area (Å²) in [6, 6.07) is 0. The highest BCUT2D eigenvalue weighted by Crippen LogP contribution is 2.65. The highest BCUT2D eigenvalue weighted by molar-refractivity contribution is 5.23. The van der Waals surface area contributed by atoms with Crippen LogP contribution < -0.4 is 0 Å². The molecule has 0 aromatic heterocycles. The van der Waals surface area contributed by atoms with Gasteiger partial charge in [-0.3, -0.25) is 0 Å². The third-order valence-corrected chi connectivity index (χ3v) is 7.44. The van der Waals surface area contributed by atoms with Gasteiger partial charge in [0.15, 0.2) is 0 Å². The molecule has 0 bridgehead atoms. The number of allylic oxidation sites excluding steroid dienone is 1. The summed E-state index contributed by atoms with van der Waals surface area (Å²) >= 11 is 0. The Morgan fingerprint density at radius 2 is 1.81 bits per heavy atom. The first-order valence-electron chi connectivity index (χ1n) is 8.80. The van der Waals surface area contributed by atoms with Gasteiger partial charge < -0.3 is 4.74 Å². The minimum absolute atomic E-state index is 0.0297. The van der Waals surface area contributed by atoms with Crippen LogP contribution in [0.25, 0.3) is 0 Å². The lowest BCUT2D eigenvalue weighted by Crippen LogP contribution is -2.60. The van der Waals surface area contributed by atoms with Gasteiger partial charge in [-0.2, -0.15) is 0 Å². The predicted octanol–water partition coefficient (Wildman–Crippen LogP) is 5.52. The largest absolute Gasteiger partial charge is 0.364 e. The minimum atomic E-state index is -0.135. The molecule has 1 nitrogen and oxygen atoms in total. The third kappa shape index (κ3) is 1.92. The van der Waals surface area contributed by atoms with Gasteiger partial charge in [0, 0.05) is 5.41 Å². The Morgan fingerprint density at radius 1 is 1.10 bits per heavy atom. The molecule has 0 N–H and O–H groups in total. The molecule has 1 spiro atoms. The number of fused-ring (bicyclic) bond motifs is 2. The van der Waals surface area contributed by atoms with Gasteiger partial charge in [0.2, 0.25) is 0 Å². The molecule has 3 aliphatic rings. The number of ether oxygens (including phenoxy) is 1. The van der Waals surface area contributed by atoms with Crippen molar-refractivity contribution in [2.24, 2.45) is 23.2 Å². The fourth-order valence-corrected chi connectivity index (χ4v) is 5.70. The van der Waals surface area contributed by atoms with Gasteiger partial charge in [0.05, 0.1) is 11.2 Å². The lowest BCUT2D eigenvalue weighted by atomic mass is 9.47. The van der Waals surface area contributed by atoms with E-state index in [1.54, 1.807) is 0 Å². The fraction of sp³-hybridized carbons (Fsp3) is 0.800. The van der Waals surface area contributed by atoms with Crippen LogP contribution in [0.2, 0.25) is 0 Å². The van der Waals surface area contributed by atoms with Crippen molar-refractivity contribution in [1.82, 2.24) is 0 Å². The summed E-state index contributed by atoms with van der Waals surface area (Å²) in [5, 5.41) is 0. The molecule has 1 saturated heterocycles. The van der Waals surface area contributed by atoms with E-state index in [1.807, 2.05) is 6.08 Å². The lowest BCUT2D eigenvalue weighted by Gasteiger charge is -2.61. The molecule has 6 unspecified atom stereocenters. The molecule has 1 heteroatoms. The van der Waals surface area contributed by atoms with E-state index in [9.17, 15) is 0 Å². The Hall–Kier alpha value is -0.560. The van der Waals surface area contributed by atoms with E-state index in [1.165, 1.54) is 37.7 Å². The zero-order chi connectivity index (χ0) is 15.5. The summed E-state index contributed by atoms with van der Waals surface area (Å²) < 4.78 is 6.84. The monoisotopic (exact) mass is 288 g/mol. The van der Waals surface area contributed by atoms with Crippen LogP contribution in [0, 0.1) is 23.2 Å². The average Bonchev–Trinajstić information content (AvgIpc) is 2.82. The lowest BCUT2D eigenvalue weighted by molar-refractivity contribution is -0.211. The summed E-state index contributed by atoms with van der Waals surface area (Å²) in [6.07, 6.45) is 9.47. The molecular weight excluding hydrogens is 256 g/mol. The van der Waals surface area contributed by atoms with Crippen molar-refractivity contribution in [3.05, 3.63) is 24.8 Å². The first-order valence-corrected chi connectivity index (χ1v) is 8.80. The van der Waals surface area contributed by atoms with Gasteiger partial charge in [-0.05, 0) is 63.2 Å². The Labute approximate surface area is 130 Å². The van der Waals surface area contributed by atoms with Crippen molar-refractivity contribution in [3.8, 4) is 0 Å². The van der Waals surface area contributed by atoms with Crippen LogP contribution in [0.3, 0.4) is 0 Å². The first kappa shape index (κ1) is 15.3. The quantitative estimate of drug-likeness (QED) is 0.577. The maximum Gasteiger partial charge on any atom is 0.0840 e. The highest BCUT2D eigenvalue weighted by atomic mass is 16.5. The van der Waals surface area contributed by atoms with E-state index < -0.39 is 0 Å². The van der Waals surface area contributed by atoms with Crippen LogP contribution in [0.15, 0.2) is 24.8 Å². The van der Waals surface area contributed by atoms with Crippen molar-refractivity contribution in [1.29, 1.82) is 0 Å². The molecule has 0 aromatic carbocycles. The van der Waals surface area contributed by atoms with E-state index in [2.05, 4.69) is 40.9 Å². The third-order valence-electron chi connectivity index (χ3n) is 7.44. The average molecular weight is 288 g/mol. The highest BCUT2D eigenvalue weighted by Gasteiger charge is 2.64. The number of hydrogen-bond acceptors (Lipinski definition) is 1. The topological polar surface area (TPSA) is 9.23 Å². The predicted molar refractivity (Wildman–Crippen MR) is 89.2 cm³/mol. The van der Waals surface area contributed by atoms with Gasteiger partial charge >= 0.3 is 0 Å². The smallest absolute Gasteiger partial charge is 0.0840 e.